The topological polar surface area (TPSA) is 95.6 Å². The van der Waals surface area contributed by atoms with Gasteiger partial charge in [-0.15, -0.1) is 0 Å². The lowest BCUT2D eigenvalue weighted by Gasteiger charge is -2.25. The average molecular weight is 528 g/mol. The molecule has 0 bridgehead atoms. The number of sulfonamides is 1. The van der Waals surface area contributed by atoms with E-state index in [0.717, 1.165) is 9.87 Å². The Morgan fingerprint density at radius 2 is 1.37 bits per heavy atom. The summed E-state index contributed by atoms with van der Waals surface area (Å²) < 4.78 is 28.3. The van der Waals surface area contributed by atoms with Gasteiger partial charge in [0.2, 0.25) is 5.91 Å². The van der Waals surface area contributed by atoms with Crippen molar-refractivity contribution in [3.05, 3.63) is 126 Å². The predicted molar refractivity (Wildman–Crippen MR) is 150 cm³/mol. The van der Waals surface area contributed by atoms with Crippen molar-refractivity contribution in [2.75, 3.05) is 16.2 Å². The number of rotatable bonds is 9. The Morgan fingerprint density at radius 1 is 0.789 bits per heavy atom. The first-order chi connectivity index (χ1) is 18.3. The van der Waals surface area contributed by atoms with E-state index >= 15 is 0 Å². The van der Waals surface area contributed by atoms with Gasteiger partial charge in [0.05, 0.1) is 27.9 Å². The molecule has 4 aromatic rings. The zero-order chi connectivity index (χ0) is 27.1. The molecule has 0 spiro atoms. The van der Waals surface area contributed by atoms with Crippen molar-refractivity contribution in [1.82, 2.24) is 5.32 Å². The maximum absolute atomic E-state index is 13.6. The highest BCUT2D eigenvalue weighted by Gasteiger charge is 2.28. The molecule has 0 aliphatic rings. The van der Waals surface area contributed by atoms with E-state index in [1.54, 1.807) is 73.7 Å². The number of carbonyl (C=O) groups is 2. The third-order valence-corrected chi connectivity index (χ3v) is 7.87. The van der Waals surface area contributed by atoms with Crippen LogP contribution in [-0.4, -0.2) is 26.8 Å². The lowest BCUT2D eigenvalue weighted by Crippen LogP contribution is -2.39. The number of hydrogen-bond acceptors (Lipinski definition) is 4. The minimum Gasteiger partial charge on any atom is -0.345 e. The van der Waals surface area contributed by atoms with Crippen LogP contribution < -0.4 is 14.9 Å². The van der Waals surface area contributed by atoms with Gasteiger partial charge in [-0.25, -0.2) is 8.42 Å². The Labute approximate surface area is 223 Å². The monoisotopic (exact) mass is 527 g/mol. The molecule has 0 fully saturated rings. The van der Waals surface area contributed by atoms with Gasteiger partial charge in [0.25, 0.3) is 15.9 Å². The molecule has 0 aliphatic heterocycles. The van der Waals surface area contributed by atoms with Crippen molar-refractivity contribution in [2.45, 2.75) is 24.8 Å². The van der Waals surface area contributed by atoms with Gasteiger partial charge in [-0.3, -0.25) is 13.9 Å². The third-order valence-electron chi connectivity index (χ3n) is 6.10. The molecule has 0 saturated heterocycles. The van der Waals surface area contributed by atoms with Crippen LogP contribution in [0.3, 0.4) is 0 Å². The second-order valence-corrected chi connectivity index (χ2v) is 10.7. The second kappa shape index (κ2) is 11.7. The normalized spacial score (nSPS) is 11.8. The maximum Gasteiger partial charge on any atom is 0.264 e. The standard InChI is InChI=1S/C30H29N3O4S/c1-22-13-9-12-20-28(22)33(38(36,37)25-16-7-4-8-17-25)21-29(34)32-27-19-11-10-18-26(27)30(35)31-23(2)24-14-5-3-6-15-24/h3-20,23H,21H2,1-2H3,(H,31,35)(H,32,34)/t23-/m0/s1. The highest BCUT2D eigenvalue weighted by Crippen LogP contribution is 2.27. The SMILES string of the molecule is Cc1ccccc1N(CC(=O)Nc1ccccc1C(=O)N[C@@H](C)c1ccccc1)S(=O)(=O)c1ccccc1. The Kier molecular flexibility index (Phi) is 8.23. The molecule has 0 unspecified atom stereocenters. The highest BCUT2D eigenvalue weighted by molar-refractivity contribution is 7.92. The zero-order valence-corrected chi connectivity index (χ0v) is 22.0. The molecule has 4 rings (SSSR count). The van der Waals surface area contributed by atoms with Gasteiger partial charge in [-0.2, -0.15) is 0 Å². The van der Waals surface area contributed by atoms with Gasteiger partial charge in [0, 0.05) is 0 Å². The smallest absolute Gasteiger partial charge is 0.264 e. The van der Waals surface area contributed by atoms with Crippen LogP contribution in [0.4, 0.5) is 11.4 Å². The van der Waals surface area contributed by atoms with Crippen LogP contribution in [0.1, 0.15) is 34.5 Å². The van der Waals surface area contributed by atoms with Gasteiger partial charge in [-0.1, -0.05) is 78.9 Å². The minimum absolute atomic E-state index is 0.0748. The molecule has 0 aliphatic carbocycles. The largest absolute Gasteiger partial charge is 0.345 e. The highest BCUT2D eigenvalue weighted by atomic mass is 32.2. The lowest BCUT2D eigenvalue weighted by atomic mass is 10.1. The van der Waals surface area contributed by atoms with E-state index in [4.69, 9.17) is 0 Å². The summed E-state index contributed by atoms with van der Waals surface area (Å²) in [5.41, 5.74) is 2.61. The fourth-order valence-corrected chi connectivity index (χ4v) is 5.58. The van der Waals surface area contributed by atoms with E-state index in [-0.39, 0.29) is 28.1 Å². The van der Waals surface area contributed by atoms with Crippen molar-refractivity contribution in [3.8, 4) is 0 Å². The summed E-state index contributed by atoms with van der Waals surface area (Å²) in [6, 6.07) is 30.9. The number of amides is 2. The molecule has 0 radical (unpaired) electrons. The number of hydrogen-bond donors (Lipinski definition) is 2. The Bertz CT molecular complexity index is 1520. The molecule has 7 nitrogen and oxygen atoms in total. The van der Waals surface area contributed by atoms with Crippen molar-refractivity contribution in [1.29, 1.82) is 0 Å². The van der Waals surface area contributed by atoms with Crippen molar-refractivity contribution in [2.24, 2.45) is 0 Å². The fourth-order valence-electron chi connectivity index (χ4n) is 4.07. The van der Waals surface area contributed by atoms with E-state index in [9.17, 15) is 18.0 Å². The van der Waals surface area contributed by atoms with Gasteiger partial charge in [0.15, 0.2) is 0 Å². The molecule has 1 atom stereocenters. The van der Waals surface area contributed by atoms with Gasteiger partial charge in [0.1, 0.15) is 6.54 Å². The summed E-state index contributed by atoms with van der Waals surface area (Å²) in [5.74, 6) is -0.936. The number of anilines is 2. The van der Waals surface area contributed by atoms with Crippen LogP contribution in [0.25, 0.3) is 0 Å². The van der Waals surface area contributed by atoms with Crippen LogP contribution in [-0.2, 0) is 14.8 Å². The van der Waals surface area contributed by atoms with Crippen molar-refractivity contribution < 1.29 is 18.0 Å². The molecule has 2 N–H and O–H groups in total. The molecular formula is C30H29N3O4S. The van der Waals surface area contributed by atoms with E-state index in [1.807, 2.05) is 37.3 Å². The number of nitrogens with one attached hydrogen (secondary N) is 2. The summed E-state index contributed by atoms with van der Waals surface area (Å²) in [6.45, 7) is 3.19. The van der Waals surface area contributed by atoms with Crippen LogP contribution in [0.2, 0.25) is 0 Å². The molecule has 8 heteroatoms. The van der Waals surface area contributed by atoms with Gasteiger partial charge >= 0.3 is 0 Å². The van der Waals surface area contributed by atoms with Crippen molar-refractivity contribution in [3.63, 3.8) is 0 Å². The van der Waals surface area contributed by atoms with E-state index in [1.165, 1.54) is 12.1 Å². The Hall–Kier alpha value is -4.43. The Morgan fingerprint density at radius 3 is 2.05 bits per heavy atom. The lowest BCUT2D eigenvalue weighted by molar-refractivity contribution is -0.114. The minimum atomic E-state index is -4.04. The number of carbonyl (C=O) groups excluding carboxylic acids is 2. The molecule has 4 aromatic carbocycles. The molecule has 38 heavy (non-hydrogen) atoms. The molecule has 2 amide bonds. The first-order valence-electron chi connectivity index (χ1n) is 12.2. The molecular weight excluding hydrogens is 498 g/mol. The zero-order valence-electron chi connectivity index (χ0n) is 21.2. The predicted octanol–water partition coefficient (Wildman–Crippen LogP) is 5.32. The summed E-state index contributed by atoms with van der Waals surface area (Å²) in [6.07, 6.45) is 0. The van der Waals surface area contributed by atoms with E-state index in [0.29, 0.717) is 11.3 Å². The first-order valence-corrected chi connectivity index (χ1v) is 13.6. The maximum atomic E-state index is 13.6. The second-order valence-electron chi connectivity index (χ2n) is 8.81. The summed E-state index contributed by atoms with van der Waals surface area (Å²) >= 11 is 0. The summed E-state index contributed by atoms with van der Waals surface area (Å²) in [7, 11) is -4.04. The van der Waals surface area contributed by atoms with Crippen molar-refractivity contribution >= 4 is 33.2 Å². The van der Waals surface area contributed by atoms with Gasteiger partial charge < -0.3 is 10.6 Å². The number of aryl methyl sites for hydroxylation is 1. The van der Waals surface area contributed by atoms with E-state index in [2.05, 4.69) is 10.6 Å². The van der Waals surface area contributed by atoms with Gasteiger partial charge in [-0.05, 0) is 55.3 Å². The fraction of sp³-hybridized carbons (Fsp3) is 0.133. The molecule has 0 heterocycles. The number of benzene rings is 4. The summed E-state index contributed by atoms with van der Waals surface area (Å²) in [4.78, 5) is 26.4. The third kappa shape index (κ3) is 6.10. The van der Waals surface area contributed by atoms with Crippen LogP contribution in [0.5, 0.6) is 0 Å². The van der Waals surface area contributed by atoms with Crippen LogP contribution >= 0.6 is 0 Å². The quantitative estimate of drug-likeness (QED) is 0.308. The average Bonchev–Trinajstić information content (AvgIpc) is 2.93. The molecule has 0 aromatic heterocycles. The molecule has 194 valence electrons. The Balaban J connectivity index is 1.58. The summed E-state index contributed by atoms with van der Waals surface area (Å²) in [5, 5.41) is 5.69. The number of nitrogens with zero attached hydrogens (tertiary/aromatic N) is 1. The van der Waals surface area contributed by atoms with Crippen LogP contribution in [0.15, 0.2) is 114 Å². The van der Waals surface area contributed by atoms with E-state index < -0.39 is 22.5 Å². The first kappa shape index (κ1) is 26.6. The molecule has 0 saturated carbocycles. The van der Waals surface area contributed by atoms with Crippen LogP contribution in [0, 0.1) is 6.92 Å². The number of para-hydroxylation sites is 2.